The van der Waals surface area contributed by atoms with Gasteiger partial charge in [0.25, 0.3) is 5.91 Å². The van der Waals surface area contributed by atoms with Crippen molar-refractivity contribution in [1.82, 2.24) is 9.97 Å². The first-order chi connectivity index (χ1) is 11.5. The molecule has 1 heterocycles. The summed E-state index contributed by atoms with van der Waals surface area (Å²) in [6, 6.07) is 9.85. The topological polar surface area (TPSA) is 75.5 Å². The van der Waals surface area contributed by atoms with Crippen molar-refractivity contribution in [3.63, 3.8) is 0 Å². The second kappa shape index (κ2) is 6.11. The first kappa shape index (κ1) is 16.2. The Bertz CT molecular complexity index is 778. The van der Waals surface area contributed by atoms with E-state index in [1.807, 2.05) is 51.2 Å². The number of aromatic nitrogens is 2. The van der Waals surface area contributed by atoms with Crippen molar-refractivity contribution in [2.24, 2.45) is 11.1 Å². The van der Waals surface area contributed by atoms with Gasteiger partial charge < -0.3 is 4.90 Å². The molecular formula is C18H20N4O2. The molecular weight excluding hydrogens is 304 g/mol. The van der Waals surface area contributed by atoms with Crippen LogP contribution in [0.4, 0.5) is 5.69 Å². The van der Waals surface area contributed by atoms with Crippen molar-refractivity contribution in [1.29, 1.82) is 0 Å². The van der Waals surface area contributed by atoms with Gasteiger partial charge in [0.2, 0.25) is 0 Å². The van der Waals surface area contributed by atoms with Gasteiger partial charge in [-0.25, -0.2) is 9.97 Å². The number of aryl methyl sites for hydroxylation is 2. The molecule has 24 heavy (non-hydrogen) atoms. The lowest BCUT2D eigenvalue weighted by molar-refractivity contribution is -0.119. The standard InChI is InChI=1S/C18H20N4O2/c1-12-16(10-19-13(2)20-12)22(3)11-18(9-15(18)17(23)21-24)14-7-5-4-6-8-14/h4-8,10,15H,9,11H2,1-3H3/t15-,18+/m0/s1. The molecule has 0 saturated heterocycles. The van der Waals surface area contributed by atoms with Crippen molar-refractivity contribution in [3.8, 4) is 0 Å². The van der Waals surface area contributed by atoms with Crippen molar-refractivity contribution in [3.05, 3.63) is 58.5 Å². The van der Waals surface area contributed by atoms with E-state index in [1.54, 1.807) is 6.20 Å². The highest BCUT2D eigenvalue weighted by atomic mass is 16.3. The fraction of sp³-hybridized carbons (Fsp3) is 0.389. The third-order valence-corrected chi connectivity index (χ3v) is 4.82. The maximum Gasteiger partial charge on any atom is 0.290 e. The van der Waals surface area contributed by atoms with Crippen LogP contribution in [0.3, 0.4) is 0 Å². The summed E-state index contributed by atoms with van der Waals surface area (Å²) in [5.41, 5.74) is 2.50. The van der Waals surface area contributed by atoms with Gasteiger partial charge in [-0.2, -0.15) is 0 Å². The van der Waals surface area contributed by atoms with Crippen LogP contribution in [0.1, 0.15) is 23.5 Å². The summed E-state index contributed by atoms with van der Waals surface area (Å²) in [7, 11) is 1.96. The van der Waals surface area contributed by atoms with E-state index in [0.717, 1.165) is 22.8 Å². The van der Waals surface area contributed by atoms with E-state index >= 15 is 0 Å². The zero-order chi connectivity index (χ0) is 17.3. The molecule has 2 atom stereocenters. The van der Waals surface area contributed by atoms with Crippen LogP contribution >= 0.6 is 0 Å². The van der Waals surface area contributed by atoms with Crippen LogP contribution in [0.25, 0.3) is 0 Å². The van der Waals surface area contributed by atoms with Crippen LogP contribution in [0.15, 0.2) is 41.7 Å². The van der Waals surface area contributed by atoms with E-state index < -0.39 is 5.91 Å². The number of nitrogens with zero attached hydrogens (tertiary/aromatic N) is 4. The van der Waals surface area contributed by atoms with Gasteiger partial charge in [0, 0.05) is 24.2 Å². The Morgan fingerprint density at radius 2 is 2.04 bits per heavy atom. The molecule has 6 heteroatoms. The minimum absolute atomic E-state index is 0.355. The highest BCUT2D eigenvalue weighted by molar-refractivity contribution is 5.85. The molecule has 0 aliphatic heterocycles. The van der Waals surface area contributed by atoms with E-state index in [0.29, 0.717) is 13.0 Å². The average Bonchev–Trinajstić information content (AvgIpc) is 3.30. The van der Waals surface area contributed by atoms with Gasteiger partial charge in [-0.15, -0.1) is 4.91 Å². The third-order valence-electron chi connectivity index (χ3n) is 4.82. The highest BCUT2D eigenvalue weighted by Gasteiger charge is 2.60. The van der Waals surface area contributed by atoms with Gasteiger partial charge >= 0.3 is 0 Å². The lowest BCUT2D eigenvalue weighted by Gasteiger charge is -2.27. The second-order valence-electron chi connectivity index (χ2n) is 6.45. The second-order valence-corrected chi connectivity index (χ2v) is 6.45. The quantitative estimate of drug-likeness (QED) is 0.791. The molecule has 3 rings (SSSR count). The Hall–Kier alpha value is -2.63. The number of anilines is 1. The molecule has 1 amide bonds. The zero-order valence-corrected chi connectivity index (χ0v) is 14.1. The smallest absolute Gasteiger partial charge is 0.290 e. The highest BCUT2D eigenvalue weighted by Crippen LogP contribution is 2.55. The summed E-state index contributed by atoms with van der Waals surface area (Å²) in [6.45, 7) is 4.40. The Morgan fingerprint density at radius 1 is 1.33 bits per heavy atom. The maximum absolute atomic E-state index is 11.9. The number of likely N-dealkylation sites (N-methyl/N-ethyl adjacent to an activating group) is 1. The number of hydrogen-bond acceptors (Lipinski definition) is 5. The Balaban J connectivity index is 1.91. The first-order valence-electron chi connectivity index (χ1n) is 7.92. The fourth-order valence-electron chi connectivity index (χ4n) is 3.51. The van der Waals surface area contributed by atoms with Gasteiger partial charge in [0.05, 0.1) is 23.5 Å². The van der Waals surface area contributed by atoms with E-state index in [1.165, 1.54) is 0 Å². The average molecular weight is 324 g/mol. The van der Waals surface area contributed by atoms with Gasteiger partial charge in [-0.05, 0) is 25.8 Å². The van der Waals surface area contributed by atoms with Crippen LogP contribution in [0.2, 0.25) is 0 Å². The molecule has 2 aromatic rings. The van der Waals surface area contributed by atoms with Crippen molar-refractivity contribution < 1.29 is 4.79 Å². The summed E-state index contributed by atoms with van der Waals surface area (Å²) < 4.78 is 0. The van der Waals surface area contributed by atoms with Gasteiger partial charge in [-0.3, -0.25) is 4.79 Å². The van der Waals surface area contributed by atoms with Crippen LogP contribution in [-0.2, 0) is 10.2 Å². The largest absolute Gasteiger partial charge is 0.371 e. The van der Waals surface area contributed by atoms with Crippen LogP contribution < -0.4 is 4.90 Å². The van der Waals surface area contributed by atoms with E-state index in [4.69, 9.17) is 0 Å². The Kier molecular flexibility index (Phi) is 4.13. The summed E-state index contributed by atoms with van der Waals surface area (Å²) in [4.78, 5) is 33.3. The van der Waals surface area contributed by atoms with E-state index in [-0.39, 0.29) is 11.3 Å². The lowest BCUT2D eigenvalue weighted by atomic mass is 9.92. The molecule has 1 aromatic carbocycles. The summed E-state index contributed by atoms with van der Waals surface area (Å²) in [5.74, 6) is -0.192. The number of hydrogen-bond donors (Lipinski definition) is 0. The minimum Gasteiger partial charge on any atom is -0.371 e. The predicted octanol–water partition coefficient (Wildman–Crippen LogP) is 2.78. The van der Waals surface area contributed by atoms with E-state index in [9.17, 15) is 9.70 Å². The zero-order valence-electron chi connectivity index (χ0n) is 14.1. The fourth-order valence-corrected chi connectivity index (χ4v) is 3.51. The Morgan fingerprint density at radius 3 is 2.67 bits per heavy atom. The third kappa shape index (κ3) is 2.79. The monoisotopic (exact) mass is 324 g/mol. The molecule has 1 aromatic heterocycles. The first-order valence-corrected chi connectivity index (χ1v) is 7.92. The minimum atomic E-state index is -0.566. The number of amides is 1. The summed E-state index contributed by atoms with van der Waals surface area (Å²) in [6.07, 6.45) is 2.44. The van der Waals surface area contributed by atoms with E-state index in [2.05, 4.69) is 20.0 Å². The molecule has 0 bridgehead atoms. The molecule has 124 valence electrons. The van der Waals surface area contributed by atoms with Crippen molar-refractivity contribution in [2.75, 3.05) is 18.5 Å². The van der Waals surface area contributed by atoms with Crippen LogP contribution in [-0.4, -0.2) is 29.5 Å². The molecule has 0 radical (unpaired) electrons. The number of carbonyl (C=O) groups is 1. The maximum atomic E-state index is 11.9. The van der Waals surface area contributed by atoms with Crippen molar-refractivity contribution >= 4 is 11.6 Å². The Labute approximate surface area is 140 Å². The number of nitroso groups, excluding NO2 is 1. The lowest BCUT2D eigenvalue weighted by Crippen LogP contribution is -2.32. The summed E-state index contributed by atoms with van der Waals surface area (Å²) in [5, 5.41) is 2.65. The molecule has 1 aliphatic carbocycles. The molecule has 1 fully saturated rings. The van der Waals surface area contributed by atoms with Gasteiger partial charge in [0.1, 0.15) is 5.82 Å². The predicted molar refractivity (Wildman–Crippen MR) is 91.8 cm³/mol. The van der Waals surface area contributed by atoms with Crippen LogP contribution in [0.5, 0.6) is 0 Å². The molecule has 0 spiro atoms. The molecule has 1 saturated carbocycles. The van der Waals surface area contributed by atoms with Crippen LogP contribution in [0, 0.1) is 24.7 Å². The molecule has 0 N–H and O–H groups in total. The van der Waals surface area contributed by atoms with Gasteiger partial charge in [0.15, 0.2) is 0 Å². The number of rotatable bonds is 5. The van der Waals surface area contributed by atoms with Gasteiger partial charge in [-0.1, -0.05) is 30.3 Å². The normalized spacial score (nSPS) is 22.0. The molecule has 6 nitrogen and oxygen atoms in total. The molecule has 1 aliphatic rings. The number of carbonyl (C=O) groups excluding carboxylic acids is 1. The van der Waals surface area contributed by atoms with Crippen molar-refractivity contribution in [2.45, 2.75) is 25.7 Å². The molecule has 0 unspecified atom stereocenters. The number of benzene rings is 1. The SMILES string of the molecule is Cc1ncc(N(C)C[C@@]2(c3ccccc3)C[C@H]2C(=O)N=O)c(C)n1. The summed E-state index contributed by atoms with van der Waals surface area (Å²) >= 11 is 0.